The number of thiophene rings is 1. The molecule has 106 valence electrons. The van der Waals surface area contributed by atoms with Crippen molar-refractivity contribution in [3.8, 4) is 0 Å². The second-order valence-electron chi connectivity index (χ2n) is 6.56. The average Bonchev–Trinajstić information content (AvgIpc) is 2.81. The first-order valence-corrected chi connectivity index (χ1v) is 8.64. The molecule has 19 heavy (non-hydrogen) atoms. The Kier molecular flexibility index (Phi) is 3.97. The highest BCUT2D eigenvalue weighted by Crippen LogP contribution is 2.32. The molecule has 1 atom stereocenters. The normalized spacial score (nSPS) is 27.8. The van der Waals surface area contributed by atoms with Crippen LogP contribution in [0.4, 0.5) is 0 Å². The first kappa shape index (κ1) is 13.6. The summed E-state index contributed by atoms with van der Waals surface area (Å²) in [6.45, 7) is 8.14. The molecular formula is C16H26N2S. The molecule has 1 N–H and O–H groups in total. The van der Waals surface area contributed by atoms with E-state index in [4.69, 9.17) is 0 Å². The molecule has 3 rings (SSSR count). The van der Waals surface area contributed by atoms with Gasteiger partial charge in [-0.05, 0) is 48.6 Å². The number of piperazine rings is 1. The van der Waals surface area contributed by atoms with E-state index in [9.17, 15) is 0 Å². The third-order valence-electron chi connectivity index (χ3n) is 5.05. The molecule has 1 unspecified atom stereocenters. The summed E-state index contributed by atoms with van der Waals surface area (Å²) in [5.41, 5.74) is 3.42. The summed E-state index contributed by atoms with van der Waals surface area (Å²) in [6.07, 6.45) is 7.00. The van der Waals surface area contributed by atoms with Gasteiger partial charge >= 0.3 is 0 Å². The van der Waals surface area contributed by atoms with Gasteiger partial charge in [-0.3, -0.25) is 4.90 Å². The lowest BCUT2D eigenvalue weighted by Gasteiger charge is -2.49. The van der Waals surface area contributed by atoms with E-state index in [1.54, 1.807) is 0 Å². The monoisotopic (exact) mass is 278 g/mol. The maximum atomic E-state index is 3.87. The fraction of sp³-hybridized carbons (Fsp3) is 0.750. The van der Waals surface area contributed by atoms with Crippen molar-refractivity contribution in [1.82, 2.24) is 10.2 Å². The summed E-state index contributed by atoms with van der Waals surface area (Å²) in [7, 11) is 0. The molecule has 1 saturated carbocycles. The molecule has 0 amide bonds. The van der Waals surface area contributed by atoms with Crippen LogP contribution in [0.2, 0.25) is 0 Å². The van der Waals surface area contributed by atoms with Gasteiger partial charge in [-0.2, -0.15) is 11.3 Å². The molecule has 3 heteroatoms. The summed E-state index contributed by atoms with van der Waals surface area (Å²) in [5.74, 6) is 0. The van der Waals surface area contributed by atoms with Gasteiger partial charge in [0.2, 0.25) is 0 Å². The number of hydrogen-bond acceptors (Lipinski definition) is 3. The van der Waals surface area contributed by atoms with Crippen molar-refractivity contribution in [2.45, 2.75) is 64.1 Å². The molecule has 1 aliphatic heterocycles. The number of aryl methyl sites for hydroxylation is 1. The van der Waals surface area contributed by atoms with E-state index in [1.807, 2.05) is 11.3 Å². The minimum Gasteiger partial charge on any atom is -0.308 e. The third-order valence-corrected chi connectivity index (χ3v) is 5.96. The second kappa shape index (κ2) is 5.55. The lowest BCUT2D eigenvalue weighted by molar-refractivity contribution is 0.0572. The molecule has 2 aliphatic rings. The lowest BCUT2D eigenvalue weighted by Crippen LogP contribution is -2.63. The van der Waals surface area contributed by atoms with Crippen LogP contribution in [0, 0.1) is 6.92 Å². The van der Waals surface area contributed by atoms with Gasteiger partial charge in [-0.25, -0.2) is 0 Å². The van der Waals surface area contributed by atoms with Gasteiger partial charge in [0.25, 0.3) is 0 Å². The first-order chi connectivity index (χ1) is 9.19. The number of hydrogen-bond donors (Lipinski definition) is 1. The molecule has 1 aromatic rings. The van der Waals surface area contributed by atoms with Gasteiger partial charge < -0.3 is 5.32 Å². The van der Waals surface area contributed by atoms with Crippen LogP contribution in [0.25, 0.3) is 0 Å². The molecule has 2 fully saturated rings. The zero-order valence-electron chi connectivity index (χ0n) is 12.2. The van der Waals surface area contributed by atoms with E-state index >= 15 is 0 Å². The zero-order valence-corrected chi connectivity index (χ0v) is 13.1. The van der Waals surface area contributed by atoms with Crippen molar-refractivity contribution in [3.63, 3.8) is 0 Å². The smallest absolute Gasteiger partial charge is 0.0309 e. The van der Waals surface area contributed by atoms with Crippen LogP contribution in [0.1, 0.15) is 50.2 Å². The van der Waals surface area contributed by atoms with Crippen molar-refractivity contribution in [2.75, 3.05) is 13.1 Å². The average molecular weight is 278 g/mol. The Bertz CT molecular complexity index is 420. The molecule has 1 aliphatic carbocycles. The summed E-state index contributed by atoms with van der Waals surface area (Å²) < 4.78 is 0. The quantitative estimate of drug-likeness (QED) is 0.890. The van der Waals surface area contributed by atoms with E-state index in [1.165, 1.54) is 49.8 Å². The van der Waals surface area contributed by atoms with Gasteiger partial charge in [-0.15, -0.1) is 0 Å². The van der Waals surface area contributed by atoms with Crippen molar-refractivity contribution in [2.24, 2.45) is 0 Å². The molecule has 2 heterocycles. The predicted octanol–water partition coefficient (Wildman–Crippen LogP) is 3.55. The van der Waals surface area contributed by atoms with Crippen LogP contribution < -0.4 is 5.32 Å². The van der Waals surface area contributed by atoms with Crippen LogP contribution >= 0.6 is 11.3 Å². The van der Waals surface area contributed by atoms with E-state index in [2.05, 4.69) is 34.8 Å². The van der Waals surface area contributed by atoms with Gasteiger partial charge in [0.15, 0.2) is 0 Å². The standard InChI is InChI=1S/C16H26N2S/c1-13-10-19-11-15(13)9-18-12-16(17-8-14(18)2)6-4-3-5-7-16/h10-11,14,17H,3-9,12H2,1-2H3. The van der Waals surface area contributed by atoms with Crippen molar-refractivity contribution >= 4 is 11.3 Å². The van der Waals surface area contributed by atoms with Crippen molar-refractivity contribution in [3.05, 3.63) is 21.9 Å². The van der Waals surface area contributed by atoms with Gasteiger partial charge in [0, 0.05) is 31.2 Å². The topological polar surface area (TPSA) is 15.3 Å². The third kappa shape index (κ3) is 2.88. The Morgan fingerprint density at radius 2 is 2.11 bits per heavy atom. The summed E-state index contributed by atoms with van der Waals surface area (Å²) >= 11 is 1.84. The van der Waals surface area contributed by atoms with Crippen LogP contribution in [0.15, 0.2) is 10.8 Å². The molecule has 1 aromatic heterocycles. The van der Waals surface area contributed by atoms with Crippen LogP contribution in [0.3, 0.4) is 0 Å². The Morgan fingerprint density at radius 3 is 2.79 bits per heavy atom. The fourth-order valence-electron chi connectivity index (χ4n) is 3.64. The Morgan fingerprint density at radius 1 is 1.32 bits per heavy atom. The maximum absolute atomic E-state index is 3.87. The van der Waals surface area contributed by atoms with E-state index in [0.29, 0.717) is 11.6 Å². The number of rotatable bonds is 2. The Balaban J connectivity index is 1.70. The maximum Gasteiger partial charge on any atom is 0.0309 e. The zero-order chi connectivity index (χ0) is 13.3. The minimum absolute atomic E-state index is 0.425. The molecule has 0 aromatic carbocycles. The van der Waals surface area contributed by atoms with Crippen LogP contribution in [0.5, 0.6) is 0 Å². The molecular weight excluding hydrogens is 252 g/mol. The molecule has 0 bridgehead atoms. The fourth-order valence-corrected chi connectivity index (χ4v) is 4.48. The van der Waals surface area contributed by atoms with Gasteiger partial charge in [0.05, 0.1) is 0 Å². The summed E-state index contributed by atoms with van der Waals surface area (Å²) in [4.78, 5) is 2.71. The predicted molar refractivity (Wildman–Crippen MR) is 82.7 cm³/mol. The molecule has 2 nitrogen and oxygen atoms in total. The Labute approximate surface area is 121 Å². The summed E-state index contributed by atoms with van der Waals surface area (Å²) in [5, 5.41) is 8.48. The van der Waals surface area contributed by atoms with Gasteiger partial charge in [-0.1, -0.05) is 19.3 Å². The van der Waals surface area contributed by atoms with Crippen LogP contribution in [-0.2, 0) is 6.54 Å². The molecule has 0 radical (unpaired) electrons. The van der Waals surface area contributed by atoms with Crippen molar-refractivity contribution in [1.29, 1.82) is 0 Å². The summed E-state index contributed by atoms with van der Waals surface area (Å²) in [6, 6.07) is 0.659. The first-order valence-electron chi connectivity index (χ1n) is 7.69. The Hall–Kier alpha value is -0.380. The van der Waals surface area contributed by atoms with E-state index in [-0.39, 0.29) is 0 Å². The van der Waals surface area contributed by atoms with E-state index < -0.39 is 0 Å². The van der Waals surface area contributed by atoms with Crippen molar-refractivity contribution < 1.29 is 0 Å². The highest BCUT2D eigenvalue weighted by Gasteiger charge is 2.38. The SMILES string of the molecule is Cc1cscc1CN1CC2(CCCCC2)NCC1C. The largest absolute Gasteiger partial charge is 0.308 e. The number of nitrogens with zero attached hydrogens (tertiary/aromatic N) is 1. The highest BCUT2D eigenvalue weighted by atomic mass is 32.1. The second-order valence-corrected chi connectivity index (χ2v) is 7.30. The van der Waals surface area contributed by atoms with Gasteiger partial charge in [0.1, 0.15) is 0 Å². The highest BCUT2D eigenvalue weighted by molar-refractivity contribution is 7.08. The van der Waals surface area contributed by atoms with E-state index in [0.717, 1.165) is 13.1 Å². The minimum atomic E-state index is 0.425. The molecule has 1 spiro atoms. The number of nitrogens with one attached hydrogen (secondary N) is 1. The van der Waals surface area contributed by atoms with Crippen LogP contribution in [-0.4, -0.2) is 29.6 Å². The lowest BCUT2D eigenvalue weighted by atomic mass is 9.79. The molecule has 1 saturated heterocycles.